The molecule has 0 aliphatic heterocycles. The number of anilines is 1. The number of benzene rings is 1. The van der Waals surface area contributed by atoms with Crippen LogP contribution in [-0.2, 0) is 5.41 Å². The highest BCUT2D eigenvalue weighted by Gasteiger charge is 2.30. The van der Waals surface area contributed by atoms with E-state index in [9.17, 15) is 5.11 Å². The molecule has 0 saturated heterocycles. The summed E-state index contributed by atoms with van der Waals surface area (Å²) in [7, 11) is 0. The highest BCUT2D eigenvalue weighted by molar-refractivity contribution is 5.62. The van der Waals surface area contributed by atoms with Gasteiger partial charge in [-0.25, -0.2) is 0 Å². The van der Waals surface area contributed by atoms with Gasteiger partial charge < -0.3 is 10.8 Å². The number of aromatic hydroxyl groups is 1. The van der Waals surface area contributed by atoms with E-state index in [1.807, 2.05) is 19.1 Å². The van der Waals surface area contributed by atoms with Crippen molar-refractivity contribution in [1.82, 2.24) is 0 Å². The van der Waals surface area contributed by atoms with Gasteiger partial charge in [0.05, 0.1) is 5.69 Å². The zero-order valence-electron chi connectivity index (χ0n) is 11.9. The van der Waals surface area contributed by atoms with Crippen molar-refractivity contribution in [2.45, 2.75) is 53.4 Å². The number of phenolic OH excluding ortho intramolecular Hbond substituents is 1. The molecule has 0 atom stereocenters. The number of hydrogen-bond acceptors (Lipinski definition) is 2. The number of nitrogen functional groups attached to an aromatic ring is 1. The molecule has 0 amide bonds. The maximum absolute atomic E-state index is 10.2. The number of phenols is 1. The summed E-state index contributed by atoms with van der Waals surface area (Å²) in [6, 6.07) is 3.97. The van der Waals surface area contributed by atoms with Crippen LogP contribution in [0, 0.1) is 12.3 Å². The van der Waals surface area contributed by atoms with Crippen LogP contribution in [0.15, 0.2) is 12.1 Å². The lowest BCUT2D eigenvalue weighted by Crippen LogP contribution is -2.25. The summed E-state index contributed by atoms with van der Waals surface area (Å²) in [6.07, 6.45) is 0.996. The highest BCUT2D eigenvalue weighted by atomic mass is 16.3. The van der Waals surface area contributed by atoms with Gasteiger partial charge in [0.15, 0.2) is 0 Å². The Morgan fingerprint density at radius 2 is 1.65 bits per heavy atom. The van der Waals surface area contributed by atoms with Crippen molar-refractivity contribution in [3.63, 3.8) is 0 Å². The molecule has 1 aromatic carbocycles. The van der Waals surface area contributed by atoms with Crippen molar-refractivity contribution in [3.05, 3.63) is 23.3 Å². The second-order valence-electron chi connectivity index (χ2n) is 6.81. The predicted octanol–water partition coefficient (Wildman–Crippen LogP) is 4.00. The quantitative estimate of drug-likeness (QED) is 0.601. The number of aryl methyl sites for hydroxylation is 1. The van der Waals surface area contributed by atoms with Gasteiger partial charge >= 0.3 is 0 Å². The zero-order chi connectivity index (χ0) is 13.4. The molecule has 0 aliphatic carbocycles. The average Bonchev–Trinajstić information content (AvgIpc) is 2.09. The molecule has 0 saturated carbocycles. The topological polar surface area (TPSA) is 46.2 Å². The Morgan fingerprint density at radius 1 is 1.12 bits per heavy atom. The fourth-order valence-corrected chi connectivity index (χ4v) is 2.68. The van der Waals surface area contributed by atoms with E-state index in [-0.39, 0.29) is 16.6 Å². The molecule has 0 unspecified atom stereocenters. The summed E-state index contributed by atoms with van der Waals surface area (Å²) in [4.78, 5) is 0. The predicted molar refractivity (Wildman–Crippen MR) is 74.4 cm³/mol. The van der Waals surface area contributed by atoms with Gasteiger partial charge in [0.1, 0.15) is 5.75 Å². The normalized spacial score (nSPS) is 12.8. The molecule has 17 heavy (non-hydrogen) atoms. The van der Waals surface area contributed by atoms with E-state index in [0.717, 1.165) is 17.5 Å². The van der Waals surface area contributed by atoms with Crippen molar-refractivity contribution in [3.8, 4) is 5.75 Å². The van der Waals surface area contributed by atoms with Crippen molar-refractivity contribution >= 4 is 5.69 Å². The zero-order valence-corrected chi connectivity index (χ0v) is 11.9. The SMILES string of the molecule is Cc1ccc(C(C)(C)CC(C)(C)C)c(O)c1N. The van der Waals surface area contributed by atoms with Crippen molar-refractivity contribution in [1.29, 1.82) is 0 Å². The highest BCUT2D eigenvalue weighted by Crippen LogP contribution is 2.42. The minimum Gasteiger partial charge on any atom is -0.505 e. The maximum atomic E-state index is 10.2. The smallest absolute Gasteiger partial charge is 0.142 e. The third-order valence-corrected chi connectivity index (χ3v) is 3.14. The molecule has 1 rings (SSSR count). The maximum Gasteiger partial charge on any atom is 0.142 e. The molecular formula is C15H25NO. The van der Waals surface area contributed by atoms with Gasteiger partial charge in [0, 0.05) is 5.56 Å². The number of rotatable bonds is 2. The fourth-order valence-electron chi connectivity index (χ4n) is 2.68. The van der Waals surface area contributed by atoms with Crippen LogP contribution < -0.4 is 5.73 Å². The Morgan fingerprint density at radius 3 is 2.12 bits per heavy atom. The lowest BCUT2D eigenvalue weighted by Gasteiger charge is -2.33. The van der Waals surface area contributed by atoms with E-state index in [1.54, 1.807) is 0 Å². The molecule has 0 aromatic heterocycles. The van der Waals surface area contributed by atoms with Crippen LogP contribution in [0.2, 0.25) is 0 Å². The monoisotopic (exact) mass is 235 g/mol. The van der Waals surface area contributed by atoms with Crippen LogP contribution in [0.1, 0.15) is 52.2 Å². The molecule has 2 nitrogen and oxygen atoms in total. The minimum atomic E-state index is -0.0792. The summed E-state index contributed by atoms with van der Waals surface area (Å²) in [5.74, 6) is 0.249. The van der Waals surface area contributed by atoms with E-state index >= 15 is 0 Å². The largest absolute Gasteiger partial charge is 0.505 e. The fraction of sp³-hybridized carbons (Fsp3) is 0.600. The van der Waals surface area contributed by atoms with Crippen LogP contribution in [0.5, 0.6) is 5.75 Å². The van der Waals surface area contributed by atoms with E-state index in [4.69, 9.17) is 5.73 Å². The Balaban J connectivity index is 3.20. The number of hydrogen-bond donors (Lipinski definition) is 2. The van der Waals surface area contributed by atoms with Gasteiger partial charge in [-0.05, 0) is 29.7 Å². The summed E-state index contributed by atoms with van der Waals surface area (Å²) in [6.45, 7) is 12.9. The lowest BCUT2D eigenvalue weighted by molar-refractivity contribution is 0.279. The first-order valence-corrected chi connectivity index (χ1v) is 6.13. The third kappa shape index (κ3) is 3.15. The molecule has 0 bridgehead atoms. The van der Waals surface area contributed by atoms with Gasteiger partial charge in [-0.15, -0.1) is 0 Å². The first kappa shape index (κ1) is 13.9. The van der Waals surface area contributed by atoms with Gasteiger partial charge in [-0.2, -0.15) is 0 Å². The molecule has 96 valence electrons. The molecule has 1 aromatic rings. The minimum absolute atomic E-state index is 0.0792. The van der Waals surface area contributed by atoms with E-state index < -0.39 is 0 Å². The third-order valence-electron chi connectivity index (χ3n) is 3.14. The van der Waals surface area contributed by atoms with Crippen molar-refractivity contribution in [2.24, 2.45) is 5.41 Å². The Hall–Kier alpha value is -1.18. The molecule has 2 heteroatoms. The number of nitrogens with two attached hydrogens (primary N) is 1. The summed E-state index contributed by atoms with van der Waals surface area (Å²) in [5.41, 5.74) is 8.40. The van der Waals surface area contributed by atoms with Crippen LogP contribution in [0.25, 0.3) is 0 Å². The molecule has 0 heterocycles. The standard InChI is InChI=1S/C15H25NO/c1-10-7-8-11(13(17)12(10)16)15(5,6)9-14(2,3)4/h7-8,17H,9,16H2,1-6H3. The van der Waals surface area contributed by atoms with Crippen LogP contribution in [-0.4, -0.2) is 5.11 Å². The Kier molecular flexibility index (Phi) is 3.47. The summed E-state index contributed by atoms with van der Waals surface area (Å²) in [5, 5.41) is 10.2. The molecule has 0 aliphatic rings. The van der Waals surface area contributed by atoms with Gasteiger partial charge in [0.2, 0.25) is 0 Å². The van der Waals surface area contributed by atoms with Crippen LogP contribution in [0.4, 0.5) is 5.69 Å². The van der Waals surface area contributed by atoms with Crippen LogP contribution >= 0.6 is 0 Å². The van der Waals surface area contributed by atoms with Crippen molar-refractivity contribution < 1.29 is 5.11 Å². The molecule has 0 fully saturated rings. The summed E-state index contributed by atoms with van der Waals surface area (Å²) >= 11 is 0. The molecular weight excluding hydrogens is 210 g/mol. The van der Waals surface area contributed by atoms with Crippen molar-refractivity contribution in [2.75, 3.05) is 5.73 Å². The second kappa shape index (κ2) is 4.25. The molecule has 0 spiro atoms. The van der Waals surface area contributed by atoms with E-state index in [0.29, 0.717) is 5.69 Å². The lowest BCUT2D eigenvalue weighted by atomic mass is 9.72. The first-order chi connectivity index (χ1) is 7.54. The Bertz CT molecular complexity index is 414. The average molecular weight is 235 g/mol. The van der Waals surface area contributed by atoms with Gasteiger partial charge in [-0.1, -0.05) is 46.8 Å². The molecule has 0 radical (unpaired) electrons. The van der Waals surface area contributed by atoms with Crippen LogP contribution in [0.3, 0.4) is 0 Å². The van der Waals surface area contributed by atoms with E-state index in [1.165, 1.54) is 0 Å². The first-order valence-electron chi connectivity index (χ1n) is 6.13. The second-order valence-corrected chi connectivity index (χ2v) is 6.81. The molecule has 3 N–H and O–H groups in total. The Labute approximate surface area is 105 Å². The van der Waals surface area contributed by atoms with E-state index in [2.05, 4.69) is 34.6 Å². The van der Waals surface area contributed by atoms with Gasteiger partial charge in [-0.3, -0.25) is 0 Å². The van der Waals surface area contributed by atoms with Gasteiger partial charge in [0.25, 0.3) is 0 Å². The summed E-state index contributed by atoms with van der Waals surface area (Å²) < 4.78 is 0.